The molecular weight excluding hydrogens is 250 g/mol. The molecular formula is C17H25NO2. The molecule has 1 N–H and O–H groups in total. The highest BCUT2D eigenvalue weighted by Crippen LogP contribution is 2.28. The van der Waals surface area contributed by atoms with E-state index in [9.17, 15) is 0 Å². The van der Waals surface area contributed by atoms with Crippen LogP contribution in [0, 0.1) is 5.92 Å². The molecule has 3 unspecified atom stereocenters. The van der Waals surface area contributed by atoms with Crippen LogP contribution in [0.5, 0.6) is 5.75 Å². The summed E-state index contributed by atoms with van der Waals surface area (Å²) in [6, 6.07) is 6.98. The molecule has 0 saturated carbocycles. The van der Waals surface area contributed by atoms with Gasteiger partial charge in [0, 0.05) is 25.6 Å². The third-order valence-corrected chi connectivity index (χ3v) is 4.65. The molecule has 2 aliphatic rings. The molecule has 3 rings (SSSR count). The fourth-order valence-electron chi connectivity index (χ4n) is 3.30. The molecule has 110 valence electrons. The molecule has 2 aliphatic heterocycles. The molecule has 0 spiro atoms. The second kappa shape index (κ2) is 6.15. The van der Waals surface area contributed by atoms with Crippen molar-refractivity contribution in [3.8, 4) is 5.75 Å². The van der Waals surface area contributed by atoms with Crippen molar-refractivity contribution < 1.29 is 9.47 Å². The van der Waals surface area contributed by atoms with Gasteiger partial charge in [0.05, 0.1) is 12.7 Å². The molecule has 0 radical (unpaired) electrons. The van der Waals surface area contributed by atoms with E-state index in [-0.39, 0.29) is 0 Å². The fraction of sp³-hybridized carbons (Fsp3) is 0.647. The summed E-state index contributed by atoms with van der Waals surface area (Å²) in [5.74, 6) is 1.73. The Morgan fingerprint density at radius 3 is 3.10 bits per heavy atom. The van der Waals surface area contributed by atoms with Crippen LogP contribution in [0.4, 0.5) is 0 Å². The lowest BCUT2D eigenvalue weighted by Crippen LogP contribution is -2.30. The van der Waals surface area contributed by atoms with Crippen molar-refractivity contribution in [3.05, 3.63) is 29.3 Å². The molecule has 3 heteroatoms. The molecule has 3 nitrogen and oxygen atoms in total. The van der Waals surface area contributed by atoms with Gasteiger partial charge in [-0.05, 0) is 42.9 Å². The lowest BCUT2D eigenvalue weighted by Gasteiger charge is -2.21. The van der Waals surface area contributed by atoms with Crippen molar-refractivity contribution in [2.24, 2.45) is 5.92 Å². The molecule has 0 aliphatic carbocycles. The highest BCUT2D eigenvalue weighted by atomic mass is 16.5. The Morgan fingerprint density at radius 1 is 1.35 bits per heavy atom. The predicted molar refractivity (Wildman–Crippen MR) is 80.2 cm³/mol. The van der Waals surface area contributed by atoms with Crippen LogP contribution in [0.15, 0.2) is 18.2 Å². The van der Waals surface area contributed by atoms with E-state index >= 15 is 0 Å². The zero-order valence-corrected chi connectivity index (χ0v) is 12.5. The van der Waals surface area contributed by atoms with Crippen molar-refractivity contribution in [3.63, 3.8) is 0 Å². The minimum Gasteiger partial charge on any atom is -0.493 e. The number of hydrogen-bond acceptors (Lipinski definition) is 3. The number of hydrogen-bond donors (Lipinski definition) is 1. The van der Waals surface area contributed by atoms with Crippen molar-refractivity contribution in [1.82, 2.24) is 5.32 Å². The Labute approximate surface area is 121 Å². The summed E-state index contributed by atoms with van der Waals surface area (Å²) in [6.07, 6.45) is 3.81. The van der Waals surface area contributed by atoms with Crippen molar-refractivity contribution in [1.29, 1.82) is 0 Å². The lowest BCUT2D eigenvalue weighted by atomic mass is 9.98. The summed E-state index contributed by atoms with van der Waals surface area (Å²) in [4.78, 5) is 0. The van der Waals surface area contributed by atoms with E-state index < -0.39 is 0 Å². The van der Waals surface area contributed by atoms with Crippen LogP contribution in [0.3, 0.4) is 0 Å². The van der Waals surface area contributed by atoms with Crippen LogP contribution in [-0.2, 0) is 11.2 Å². The predicted octanol–water partition coefficient (Wildman–Crippen LogP) is 3.09. The highest BCUT2D eigenvalue weighted by Gasteiger charge is 2.26. The zero-order valence-electron chi connectivity index (χ0n) is 12.5. The van der Waals surface area contributed by atoms with E-state index in [1.54, 1.807) is 0 Å². The molecule has 3 atom stereocenters. The highest BCUT2D eigenvalue weighted by molar-refractivity contribution is 5.40. The zero-order chi connectivity index (χ0) is 13.9. The van der Waals surface area contributed by atoms with Crippen molar-refractivity contribution >= 4 is 0 Å². The Balaban J connectivity index is 1.57. The second-order valence-electron chi connectivity index (χ2n) is 5.96. The number of benzene rings is 1. The average Bonchev–Trinajstić information content (AvgIpc) is 3.12. The van der Waals surface area contributed by atoms with E-state index in [0.717, 1.165) is 38.3 Å². The maximum atomic E-state index is 5.76. The standard InChI is InChI=1S/C17H25NO2/c1-3-16-15(7-9-19-16)11-18-12(2)13-4-5-17-14(10-13)6-8-20-17/h4-5,10,12,15-16,18H,3,6-9,11H2,1-2H3. The van der Waals surface area contributed by atoms with Gasteiger partial charge in [-0.15, -0.1) is 0 Å². The van der Waals surface area contributed by atoms with E-state index in [0.29, 0.717) is 18.1 Å². The first-order valence-electron chi connectivity index (χ1n) is 7.88. The van der Waals surface area contributed by atoms with E-state index in [4.69, 9.17) is 9.47 Å². The Hall–Kier alpha value is -1.06. The number of rotatable bonds is 5. The molecule has 2 heterocycles. The quantitative estimate of drug-likeness (QED) is 0.895. The second-order valence-corrected chi connectivity index (χ2v) is 5.96. The third kappa shape index (κ3) is 2.84. The largest absolute Gasteiger partial charge is 0.493 e. The monoisotopic (exact) mass is 275 g/mol. The third-order valence-electron chi connectivity index (χ3n) is 4.65. The molecule has 1 saturated heterocycles. The smallest absolute Gasteiger partial charge is 0.122 e. The summed E-state index contributed by atoms with van der Waals surface area (Å²) in [5, 5.41) is 3.68. The van der Waals surface area contributed by atoms with Crippen LogP contribution in [-0.4, -0.2) is 25.9 Å². The van der Waals surface area contributed by atoms with Crippen LogP contribution < -0.4 is 10.1 Å². The Bertz CT molecular complexity index is 460. The molecule has 1 aromatic carbocycles. The summed E-state index contributed by atoms with van der Waals surface area (Å²) < 4.78 is 11.3. The molecule has 0 amide bonds. The minimum atomic E-state index is 0.388. The van der Waals surface area contributed by atoms with Crippen LogP contribution in [0.1, 0.15) is 43.9 Å². The first kappa shape index (κ1) is 13.9. The summed E-state index contributed by atoms with van der Waals surface area (Å²) >= 11 is 0. The summed E-state index contributed by atoms with van der Waals surface area (Å²) in [6.45, 7) is 7.27. The normalized spacial score (nSPS) is 26.3. The van der Waals surface area contributed by atoms with Gasteiger partial charge in [0.15, 0.2) is 0 Å². The molecule has 20 heavy (non-hydrogen) atoms. The molecule has 0 bridgehead atoms. The van der Waals surface area contributed by atoms with Gasteiger partial charge in [0.2, 0.25) is 0 Å². The Kier molecular flexibility index (Phi) is 4.27. The maximum absolute atomic E-state index is 5.76. The van der Waals surface area contributed by atoms with Gasteiger partial charge in [0.1, 0.15) is 5.75 Å². The topological polar surface area (TPSA) is 30.5 Å². The minimum absolute atomic E-state index is 0.388. The van der Waals surface area contributed by atoms with E-state index in [2.05, 4.69) is 37.4 Å². The SMILES string of the molecule is CCC1OCCC1CNC(C)c1ccc2c(c1)CCO2. The van der Waals surface area contributed by atoms with Gasteiger partial charge in [-0.1, -0.05) is 19.1 Å². The van der Waals surface area contributed by atoms with Gasteiger partial charge >= 0.3 is 0 Å². The summed E-state index contributed by atoms with van der Waals surface area (Å²) in [5.41, 5.74) is 2.72. The number of nitrogens with one attached hydrogen (secondary N) is 1. The van der Waals surface area contributed by atoms with Gasteiger partial charge in [-0.2, -0.15) is 0 Å². The van der Waals surface area contributed by atoms with Gasteiger partial charge in [-0.3, -0.25) is 0 Å². The fourth-order valence-corrected chi connectivity index (χ4v) is 3.30. The van der Waals surface area contributed by atoms with Crippen LogP contribution >= 0.6 is 0 Å². The van der Waals surface area contributed by atoms with Gasteiger partial charge < -0.3 is 14.8 Å². The van der Waals surface area contributed by atoms with Crippen LogP contribution in [0.2, 0.25) is 0 Å². The van der Waals surface area contributed by atoms with Crippen molar-refractivity contribution in [2.45, 2.75) is 45.3 Å². The van der Waals surface area contributed by atoms with E-state index in [1.807, 2.05) is 0 Å². The maximum Gasteiger partial charge on any atom is 0.122 e. The molecule has 1 aromatic rings. The average molecular weight is 275 g/mol. The van der Waals surface area contributed by atoms with Crippen LogP contribution in [0.25, 0.3) is 0 Å². The van der Waals surface area contributed by atoms with E-state index in [1.165, 1.54) is 17.5 Å². The van der Waals surface area contributed by atoms with Gasteiger partial charge in [0.25, 0.3) is 0 Å². The van der Waals surface area contributed by atoms with Crippen molar-refractivity contribution in [2.75, 3.05) is 19.8 Å². The number of ether oxygens (including phenoxy) is 2. The molecule has 1 fully saturated rings. The summed E-state index contributed by atoms with van der Waals surface area (Å²) in [7, 11) is 0. The first-order chi connectivity index (χ1) is 9.78. The first-order valence-corrected chi connectivity index (χ1v) is 7.88. The van der Waals surface area contributed by atoms with Gasteiger partial charge in [-0.25, -0.2) is 0 Å². The number of fused-ring (bicyclic) bond motifs is 1. The lowest BCUT2D eigenvalue weighted by molar-refractivity contribution is 0.0867. The Morgan fingerprint density at radius 2 is 2.25 bits per heavy atom. The molecule has 0 aromatic heterocycles.